The molecule has 1 fully saturated rings. The van der Waals surface area contributed by atoms with E-state index in [1.54, 1.807) is 30.6 Å². The van der Waals surface area contributed by atoms with E-state index in [2.05, 4.69) is 15.6 Å². The summed E-state index contributed by atoms with van der Waals surface area (Å²) in [6.45, 7) is 1.63. The SMILES string of the molecule is CN(C)CCNC1Nc2cc(OCc3cccnc3)ccc2-c2c(C3CCCC[C@@H]3F)c3ccc(C(=O)O)cc3n2CC1=O. The van der Waals surface area contributed by atoms with Gasteiger partial charge in [-0.3, -0.25) is 15.1 Å². The second-order valence-corrected chi connectivity index (χ2v) is 12.0. The number of ketones is 1. The second-order valence-electron chi connectivity index (χ2n) is 12.0. The zero-order valence-corrected chi connectivity index (χ0v) is 25.1. The average molecular weight is 600 g/mol. The normalized spacial score (nSPS) is 20.0. The lowest BCUT2D eigenvalue weighted by molar-refractivity contribution is -0.121. The number of carbonyl (C=O) groups excluding carboxylic acids is 1. The zero-order valence-electron chi connectivity index (χ0n) is 25.1. The Morgan fingerprint density at radius 3 is 2.77 bits per heavy atom. The van der Waals surface area contributed by atoms with Crippen LogP contribution >= 0.6 is 0 Å². The van der Waals surface area contributed by atoms with E-state index in [-0.39, 0.29) is 23.8 Å². The minimum atomic E-state index is -1.05. The number of Topliss-reactive ketones (excluding diaryl/α,β-unsaturated/α-hetero) is 1. The van der Waals surface area contributed by atoms with Gasteiger partial charge in [-0.1, -0.05) is 25.0 Å². The summed E-state index contributed by atoms with van der Waals surface area (Å²) in [5.41, 5.74) is 4.75. The first-order valence-corrected chi connectivity index (χ1v) is 15.2. The number of halogens is 1. The molecule has 2 unspecified atom stereocenters. The molecule has 1 aliphatic heterocycles. The molecule has 3 heterocycles. The quantitative estimate of drug-likeness (QED) is 0.233. The van der Waals surface area contributed by atoms with Gasteiger partial charge >= 0.3 is 5.97 Å². The third kappa shape index (κ3) is 6.05. The molecule has 0 bridgehead atoms. The summed E-state index contributed by atoms with van der Waals surface area (Å²) in [7, 11) is 3.94. The van der Waals surface area contributed by atoms with Crippen molar-refractivity contribution in [2.45, 2.75) is 57.1 Å². The Morgan fingerprint density at radius 1 is 1.18 bits per heavy atom. The van der Waals surface area contributed by atoms with E-state index in [0.29, 0.717) is 42.9 Å². The Hall–Kier alpha value is -4.28. The van der Waals surface area contributed by atoms with Gasteiger partial charge in [-0.2, -0.15) is 0 Å². The van der Waals surface area contributed by atoms with Crippen LogP contribution in [0.4, 0.5) is 10.1 Å². The maximum absolute atomic E-state index is 15.7. The molecule has 2 aliphatic rings. The molecule has 0 amide bonds. The lowest BCUT2D eigenvalue weighted by atomic mass is 9.80. The van der Waals surface area contributed by atoms with Crippen LogP contribution in [0.1, 0.15) is 53.1 Å². The number of fused-ring (bicyclic) bond motifs is 5. The van der Waals surface area contributed by atoms with E-state index in [1.807, 2.05) is 53.9 Å². The molecule has 4 aromatic rings. The molecule has 0 radical (unpaired) electrons. The minimum Gasteiger partial charge on any atom is -0.489 e. The van der Waals surface area contributed by atoms with E-state index in [4.69, 9.17) is 4.74 Å². The first kappa shape index (κ1) is 29.8. The molecule has 0 spiro atoms. The van der Waals surface area contributed by atoms with Crippen molar-refractivity contribution in [2.24, 2.45) is 0 Å². The monoisotopic (exact) mass is 599 g/mol. The van der Waals surface area contributed by atoms with Crippen molar-refractivity contribution in [2.75, 3.05) is 32.5 Å². The highest BCUT2D eigenvalue weighted by molar-refractivity contribution is 6.02. The largest absolute Gasteiger partial charge is 0.489 e. The Kier molecular flexibility index (Phi) is 8.63. The van der Waals surface area contributed by atoms with Crippen LogP contribution < -0.4 is 15.4 Å². The summed E-state index contributed by atoms with van der Waals surface area (Å²) >= 11 is 0. The second kappa shape index (κ2) is 12.8. The van der Waals surface area contributed by atoms with Crippen LogP contribution in [-0.4, -0.2) is 70.8 Å². The third-order valence-corrected chi connectivity index (χ3v) is 8.62. The lowest BCUT2D eigenvalue weighted by Gasteiger charge is -2.30. The summed E-state index contributed by atoms with van der Waals surface area (Å²) in [4.78, 5) is 32.1. The van der Waals surface area contributed by atoms with Crippen molar-refractivity contribution in [3.05, 3.63) is 77.6 Å². The highest BCUT2D eigenvalue weighted by Crippen LogP contribution is 2.48. The van der Waals surface area contributed by atoms with Crippen LogP contribution in [0.5, 0.6) is 5.75 Å². The van der Waals surface area contributed by atoms with Crippen molar-refractivity contribution < 1.29 is 23.8 Å². The van der Waals surface area contributed by atoms with E-state index < -0.39 is 18.3 Å². The number of aromatic nitrogens is 2. The number of carboxylic acids is 1. The summed E-state index contributed by atoms with van der Waals surface area (Å²) in [6, 6.07) is 14.5. The Morgan fingerprint density at radius 2 is 2.02 bits per heavy atom. The van der Waals surface area contributed by atoms with E-state index >= 15 is 4.39 Å². The number of nitrogens with one attached hydrogen (secondary N) is 2. The molecule has 0 saturated heterocycles. The zero-order chi connectivity index (χ0) is 30.8. The number of aromatic carboxylic acids is 1. The van der Waals surface area contributed by atoms with Crippen LogP contribution in [0.25, 0.3) is 22.2 Å². The molecule has 3 atom stereocenters. The van der Waals surface area contributed by atoms with Crippen LogP contribution in [-0.2, 0) is 17.9 Å². The summed E-state index contributed by atoms with van der Waals surface area (Å²) in [6.07, 6.45) is 4.64. The van der Waals surface area contributed by atoms with Crippen molar-refractivity contribution in [3.63, 3.8) is 0 Å². The predicted octanol–water partition coefficient (Wildman–Crippen LogP) is 5.45. The van der Waals surface area contributed by atoms with Gasteiger partial charge in [0.2, 0.25) is 0 Å². The third-order valence-electron chi connectivity index (χ3n) is 8.62. The van der Waals surface area contributed by atoms with Gasteiger partial charge in [-0.25, -0.2) is 9.18 Å². The number of benzene rings is 2. The molecule has 1 saturated carbocycles. The van der Waals surface area contributed by atoms with Gasteiger partial charge in [-0.15, -0.1) is 0 Å². The summed E-state index contributed by atoms with van der Waals surface area (Å²) in [5, 5.41) is 17.4. The van der Waals surface area contributed by atoms with E-state index in [0.717, 1.165) is 47.2 Å². The number of alkyl halides is 1. The summed E-state index contributed by atoms with van der Waals surface area (Å²) in [5.74, 6) is -0.917. The number of ether oxygens (including phenoxy) is 1. The first-order chi connectivity index (χ1) is 21.3. The molecule has 2 aromatic carbocycles. The average Bonchev–Trinajstić information content (AvgIpc) is 3.31. The minimum absolute atomic E-state index is 0.00388. The van der Waals surface area contributed by atoms with Gasteiger partial charge in [0.05, 0.1) is 23.3 Å². The molecular weight excluding hydrogens is 561 g/mol. The molecule has 2 aromatic heterocycles. The van der Waals surface area contributed by atoms with E-state index in [9.17, 15) is 14.7 Å². The molecule has 6 rings (SSSR count). The van der Waals surface area contributed by atoms with Gasteiger partial charge < -0.3 is 24.6 Å². The number of likely N-dealkylation sites (N-methyl/N-ethyl adjacent to an activating group) is 1. The molecule has 1 aliphatic carbocycles. The Bertz CT molecular complexity index is 1670. The van der Waals surface area contributed by atoms with E-state index in [1.165, 1.54) is 0 Å². The molecule has 3 N–H and O–H groups in total. The highest BCUT2D eigenvalue weighted by Gasteiger charge is 2.36. The van der Waals surface area contributed by atoms with Crippen molar-refractivity contribution in [1.29, 1.82) is 0 Å². The predicted molar refractivity (Wildman–Crippen MR) is 168 cm³/mol. The van der Waals surface area contributed by atoms with Crippen LogP contribution in [0.3, 0.4) is 0 Å². The number of nitrogens with zero attached hydrogens (tertiary/aromatic N) is 3. The fraction of sp³-hybridized carbons (Fsp3) is 0.382. The van der Waals surface area contributed by atoms with Crippen LogP contribution in [0, 0.1) is 0 Å². The van der Waals surface area contributed by atoms with Crippen LogP contribution in [0.15, 0.2) is 60.9 Å². The maximum atomic E-state index is 15.7. The number of hydrogen-bond acceptors (Lipinski definition) is 7. The first-order valence-electron chi connectivity index (χ1n) is 15.2. The van der Waals surface area contributed by atoms with Gasteiger partial charge in [0.25, 0.3) is 0 Å². The fourth-order valence-corrected chi connectivity index (χ4v) is 6.42. The van der Waals surface area contributed by atoms with Crippen molar-refractivity contribution in [1.82, 2.24) is 19.8 Å². The van der Waals surface area contributed by atoms with Crippen molar-refractivity contribution >= 4 is 28.3 Å². The topological polar surface area (TPSA) is 109 Å². The number of carboxylic acid groups (broad SMARTS) is 1. The lowest BCUT2D eigenvalue weighted by Crippen LogP contribution is -2.47. The number of anilines is 1. The fourth-order valence-electron chi connectivity index (χ4n) is 6.42. The van der Waals surface area contributed by atoms with Gasteiger partial charge in [0, 0.05) is 59.7 Å². The van der Waals surface area contributed by atoms with Gasteiger partial charge in [0.1, 0.15) is 24.7 Å². The highest BCUT2D eigenvalue weighted by atomic mass is 19.1. The van der Waals surface area contributed by atoms with Crippen LogP contribution in [0.2, 0.25) is 0 Å². The number of hydrogen-bond donors (Lipinski definition) is 3. The smallest absolute Gasteiger partial charge is 0.335 e. The molecule has 10 heteroatoms. The Labute approximate surface area is 256 Å². The van der Waals surface area contributed by atoms with Gasteiger partial charge in [0.15, 0.2) is 5.78 Å². The maximum Gasteiger partial charge on any atom is 0.335 e. The standard InChI is InChI=1S/C34H38FN5O4/c1-39(2)15-14-37-33-30(41)19-40-29-16-22(34(42)43)9-11-26(29)31(24-7-3-4-8-27(24)35)32(40)25-12-10-23(17-28(25)38-33)44-20-21-6-5-13-36-18-21/h5-6,9-13,16-18,24,27,33,37-38H,3-4,7-8,14-15,19-20H2,1-2H3,(H,42,43)/t24?,27-,33?/m0/s1. The number of rotatable bonds is 9. The molecular formula is C34H38FN5O4. The molecule has 9 nitrogen and oxygen atoms in total. The number of pyridine rings is 1. The summed E-state index contributed by atoms with van der Waals surface area (Å²) < 4.78 is 23.8. The Balaban J connectivity index is 1.52. The van der Waals surface area contributed by atoms with Crippen molar-refractivity contribution in [3.8, 4) is 17.0 Å². The molecule has 44 heavy (non-hydrogen) atoms. The number of carbonyl (C=O) groups is 2. The van der Waals surface area contributed by atoms with Gasteiger partial charge in [-0.05, 0) is 62.8 Å². The molecule has 230 valence electrons.